The number of halogens is 1. The predicted molar refractivity (Wildman–Crippen MR) is 150 cm³/mol. The zero-order valence-electron chi connectivity index (χ0n) is 21.8. The van der Waals surface area contributed by atoms with Crippen LogP contribution in [0.15, 0.2) is 24.3 Å². The molecular formula is C27H39ClN4O4S. The molecule has 0 spiro atoms. The van der Waals surface area contributed by atoms with Gasteiger partial charge in [0, 0.05) is 37.0 Å². The molecule has 0 saturated carbocycles. The number of thiophene rings is 1. The van der Waals surface area contributed by atoms with Crippen LogP contribution in [0.1, 0.15) is 50.0 Å². The number of hydrogen-bond donors (Lipinski definition) is 4. The second kappa shape index (κ2) is 15.2. The molecule has 0 radical (unpaired) electrons. The second-order valence-corrected chi connectivity index (χ2v) is 11.1. The lowest BCUT2D eigenvalue weighted by atomic mass is 10.1. The Morgan fingerprint density at radius 1 is 1.19 bits per heavy atom. The summed E-state index contributed by atoms with van der Waals surface area (Å²) in [6.45, 7) is 7.76. The summed E-state index contributed by atoms with van der Waals surface area (Å²) < 4.78 is 6.37. The van der Waals surface area contributed by atoms with Crippen LogP contribution in [-0.4, -0.2) is 67.2 Å². The van der Waals surface area contributed by atoms with E-state index in [9.17, 15) is 14.7 Å². The molecule has 2 heterocycles. The van der Waals surface area contributed by atoms with Crippen LogP contribution in [-0.2, 0) is 22.4 Å². The smallest absolute Gasteiger partial charge is 0.262 e. The molecule has 1 atom stereocenters. The summed E-state index contributed by atoms with van der Waals surface area (Å²) in [5, 5.41) is 19.5. The van der Waals surface area contributed by atoms with Gasteiger partial charge in [0.05, 0.1) is 4.34 Å². The first kappa shape index (κ1) is 29.2. The maximum Gasteiger partial charge on any atom is 0.262 e. The monoisotopic (exact) mass is 550 g/mol. The highest BCUT2D eigenvalue weighted by atomic mass is 35.5. The quantitative estimate of drug-likeness (QED) is 0.184. The van der Waals surface area contributed by atoms with Crippen LogP contribution in [0.3, 0.4) is 0 Å². The van der Waals surface area contributed by atoms with Gasteiger partial charge in [0.2, 0.25) is 5.91 Å². The van der Waals surface area contributed by atoms with E-state index in [4.69, 9.17) is 16.3 Å². The Balaban J connectivity index is 1.42. The molecule has 1 aromatic heterocycles. The third kappa shape index (κ3) is 9.17. The molecule has 1 aliphatic heterocycles. The van der Waals surface area contributed by atoms with Gasteiger partial charge in [-0.2, -0.15) is 0 Å². The maximum absolute atomic E-state index is 13.1. The van der Waals surface area contributed by atoms with Crippen molar-refractivity contribution in [2.75, 3.05) is 44.6 Å². The summed E-state index contributed by atoms with van der Waals surface area (Å²) in [6.07, 6.45) is 5.27. The minimum absolute atomic E-state index is 0.000360. The molecule has 2 aromatic rings. The summed E-state index contributed by atoms with van der Waals surface area (Å²) in [5.41, 5.74) is 1.25. The zero-order chi connectivity index (χ0) is 26.6. The summed E-state index contributed by atoms with van der Waals surface area (Å²) in [6, 6.07) is 7.55. The molecule has 1 aliphatic rings. The first-order chi connectivity index (χ1) is 17.9. The number of ether oxygens (including phenoxy) is 1. The fourth-order valence-corrected chi connectivity index (χ4v) is 5.45. The molecule has 1 unspecified atom stereocenters. The van der Waals surface area contributed by atoms with Crippen molar-refractivity contribution in [2.24, 2.45) is 0 Å². The molecule has 0 fully saturated rings. The molecule has 3 rings (SSSR count). The Bertz CT molecular complexity index is 1030. The highest BCUT2D eigenvalue weighted by Crippen LogP contribution is 2.39. The van der Waals surface area contributed by atoms with E-state index in [1.165, 1.54) is 4.88 Å². The largest absolute Gasteiger partial charge is 0.506 e. The number of unbranched alkanes of at least 4 members (excludes halogenated alkanes) is 1. The standard InChI is InChI=1S/C27H39ClN4O4S/c1-3-4-5-19(2)32(25(35)12-15-29-14-11-21-7-9-23(28)37-21)17-16-30-13-10-20-6-8-22(33)26-27(20)36-18-24(34)31-26/h6-9,19,29-30,33H,3-5,10-18H2,1-2H3,(H,31,34). The number of aromatic hydroxyl groups is 1. The highest BCUT2D eigenvalue weighted by Gasteiger charge is 2.22. The average Bonchev–Trinajstić information content (AvgIpc) is 3.30. The topological polar surface area (TPSA) is 103 Å². The van der Waals surface area contributed by atoms with Gasteiger partial charge < -0.3 is 30.7 Å². The van der Waals surface area contributed by atoms with Crippen molar-refractivity contribution in [3.63, 3.8) is 0 Å². The lowest BCUT2D eigenvalue weighted by Crippen LogP contribution is -2.43. The lowest BCUT2D eigenvalue weighted by Gasteiger charge is -2.30. The second-order valence-electron chi connectivity index (χ2n) is 9.32. The minimum atomic E-state index is -0.275. The Hall–Kier alpha value is -2.33. The Morgan fingerprint density at radius 3 is 2.73 bits per heavy atom. The Morgan fingerprint density at radius 2 is 1.97 bits per heavy atom. The first-order valence-corrected chi connectivity index (χ1v) is 14.3. The van der Waals surface area contributed by atoms with Crippen molar-refractivity contribution >= 4 is 40.4 Å². The minimum Gasteiger partial charge on any atom is -0.506 e. The van der Waals surface area contributed by atoms with Gasteiger partial charge in [-0.05, 0) is 63.0 Å². The van der Waals surface area contributed by atoms with Crippen molar-refractivity contribution in [1.82, 2.24) is 15.5 Å². The van der Waals surface area contributed by atoms with Crippen molar-refractivity contribution in [1.29, 1.82) is 0 Å². The number of hydrogen-bond acceptors (Lipinski definition) is 7. The molecule has 4 N–H and O–H groups in total. The fourth-order valence-electron chi connectivity index (χ4n) is 4.37. The number of carbonyl (C=O) groups excluding carboxylic acids is 2. The third-order valence-electron chi connectivity index (χ3n) is 6.45. The van der Waals surface area contributed by atoms with E-state index in [0.717, 1.165) is 42.1 Å². The highest BCUT2D eigenvalue weighted by molar-refractivity contribution is 7.16. The molecule has 10 heteroatoms. The van der Waals surface area contributed by atoms with Crippen LogP contribution in [0.25, 0.3) is 0 Å². The number of anilines is 1. The number of rotatable bonds is 16. The van der Waals surface area contributed by atoms with Gasteiger partial charge in [-0.1, -0.05) is 37.4 Å². The van der Waals surface area contributed by atoms with E-state index < -0.39 is 0 Å². The molecule has 2 amide bonds. The van der Waals surface area contributed by atoms with Gasteiger partial charge >= 0.3 is 0 Å². The van der Waals surface area contributed by atoms with Crippen LogP contribution in [0.5, 0.6) is 11.5 Å². The molecular weight excluding hydrogens is 512 g/mol. The molecule has 204 valence electrons. The molecule has 37 heavy (non-hydrogen) atoms. The van der Waals surface area contributed by atoms with E-state index in [1.807, 2.05) is 23.1 Å². The SMILES string of the molecule is CCCCC(C)N(CCNCCc1ccc(O)c2c1OCC(=O)N2)C(=O)CCNCCc1ccc(Cl)s1. The Labute approximate surface area is 228 Å². The van der Waals surface area contributed by atoms with Crippen molar-refractivity contribution in [2.45, 2.75) is 58.4 Å². The average molecular weight is 551 g/mol. The van der Waals surface area contributed by atoms with Crippen molar-refractivity contribution in [3.8, 4) is 11.5 Å². The first-order valence-electron chi connectivity index (χ1n) is 13.1. The fraction of sp³-hybridized carbons (Fsp3) is 0.556. The van der Waals surface area contributed by atoms with E-state index in [-0.39, 0.29) is 30.2 Å². The van der Waals surface area contributed by atoms with E-state index in [1.54, 1.807) is 17.4 Å². The van der Waals surface area contributed by atoms with Gasteiger partial charge in [0.25, 0.3) is 5.91 Å². The summed E-state index contributed by atoms with van der Waals surface area (Å²) in [4.78, 5) is 27.9. The number of fused-ring (bicyclic) bond motifs is 1. The summed E-state index contributed by atoms with van der Waals surface area (Å²) in [5.74, 6) is 0.429. The van der Waals surface area contributed by atoms with Gasteiger partial charge in [-0.15, -0.1) is 11.3 Å². The van der Waals surface area contributed by atoms with Crippen LogP contribution in [0.4, 0.5) is 5.69 Å². The van der Waals surface area contributed by atoms with Crippen LogP contribution in [0.2, 0.25) is 4.34 Å². The number of phenolic OH excluding ortho intramolecular Hbond substituents is 1. The van der Waals surface area contributed by atoms with Crippen LogP contribution < -0.4 is 20.7 Å². The third-order valence-corrected chi connectivity index (χ3v) is 7.74. The Kier molecular flexibility index (Phi) is 12.0. The molecule has 0 saturated heterocycles. The van der Waals surface area contributed by atoms with Crippen LogP contribution >= 0.6 is 22.9 Å². The summed E-state index contributed by atoms with van der Waals surface area (Å²) in [7, 11) is 0. The van der Waals surface area contributed by atoms with Crippen LogP contribution in [0, 0.1) is 0 Å². The molecule has 0 bridgehead atoms. The number of nitrogens with one attached hydrogen (secondary N) is 3. The number of carbonyl (C=O) groups is 2. The lowest BCUT2D eigenvalue weighted by molar-refractivity contribution is -0.133. The number of benzene rings is 1. The van der Waals surface area contributed by atoms with Gasteiger partial charge in [-0.25, -0.2) is 0 Å². The molecule has 0 aliphatic carbocycles. The van der Waals surface area contributed by atoms with Crippen molar-refractivity contribution < 1.29 is 19.4 Å². The zero-order valence-corrected chi connectivity index (χ0v) is 23.3. The van der Waals surface area contributed by atoms with Gasteiger partial charge in [0.1, 0.15) is 11.4 Å². The summed E-state index contributed by atoms with van der Waals surface area (Å²) >= 11 is 7.58. The number of amides is 2. The molecule has 8 nitrogen and oxygen atoms in total. The maximum atomic E-state index is 13.1. The van der Waals surface area contributed by atoms with Gasteiger partial charge in [-0.3, -0.25) is 9.59 Å². The van der Waals surface area contributed by atoms with E-state index in [2.05, 4.69) is 29.8 Å². The normalized spacial score (nSPS) is 13.5. The van der Waals surface area contributed by atoms with Gasteiger partial charge in [0.15, 0.2) is 12.4 Å². The van der Waals surface area contributed by atoms with E-state index in [0.29, 0.717) is 50.5 Å². The number of nitrogens with zero attached hydrogens (tertiary/aromatic N) is 1. The van der Waals surface area contributed by atoms with Crippen molar-refractivity contribution in [3.05, 3.63) is 39.0 Å². The predicted octanol–water partition coefficient (Wildman–Crippen LogP) is 4.20. The molecule has 1 aromatic carbocycles. The number of phenols is 1. The van der Waals surface area contributed by atoms with E-state index >= 15 is 0 Å².